The normalized spacial score (nSPS) is 14.5. The Morgan fingerprint density at radius 1 is 0.488 bits per heavy atom. The Balaban J connectivity index is 4.35. The van der Waals surface area contributed by atoms with Crippen molar-refractivity contribution >= 4 is 74.1 Å². The molecule has 0 spiro atoms. The van der Waals surface area contributed by atoms with Crippen LogP contribution in [0.15, 0.2) is 0 Å². The second-order valence-electron chi connectivity index (χ2n) is 12.9. The Hall–Kier alpha value is -0.760. The molecule has 0 bridgehead atoms. The molecule has 0 saturated heterocycles. The first-order valence-corrected chi connectivity index (χ1v) is 17.6. The molecule has 252 valence electrons. The molecule has 3 N–H and O–H groups in total. The van der Waals surface area contributed by atoms with Crippen molar-refractivity contribution in [2.45, 2.75) is 89.2 Å². The molecule has 0 rings (SSSR count). The van der Waals surface area contributed by atoms with Crippen LogP contribution in [0.5, 0.6) is 0 Å². The summed E-state index contributed by atoms with van der Waals surface area (Å²) in [4.78, 5) is 54.6. The topological polar surface area (TPSA) is 111 Å². The van der Waals surface area contributed by atoms with E-state index in [0.29, 0.717) is 88.9 Å². The van der Waals surface area contributed by atoms with E-state index >= 15 is 0 Å². The standard InChI is InChI=1S/C30H59N5O4S4/c1-19(2)15-34(16-20(3)4)29(38)25(42)23(40)27(36)32-13-9-11-31-12-10-14-33-28(37)24(41)26(43)30(39)35(17-21(5)6)18-22(7)8/h19-26,31,40-43H,9-18H2,1-8H3,(H,32,36)(H,33,37). The van der Waals surface area contributed by atoms with Gasteiger partial charge in [-0.1, -0.05) is 55.4 Å². The van der Waals surface area contributed by atoms with Gasteiger partial charge in [0.1, 0.15) is 21.0 Å². The summed E-state index contributed by atoms with van der Waals surface area (Å²) >= 11 is 17.7. The molecule has 13 heteroatoms. The van der Waals surface area contributed by atoms with Gasteiger partial charge in [0.15, 0.2) is 0 Å². The molecule has 4 atom stereocenters. The number of carbonyl (C=O) groups excluding carboxylic acids is 4. The number of nitrogens with zero attached hydrogens (tertiary/aromatic N) is 2. The molecule has 0 aliphatic carbocycles. The highest BCUT2D eigenvalue weighted by atomic mass is 32.1. The quantitative estimate of drug-likeness (QED) is 0.0703. The van der Waals surface area contributed by atoms with Crippen molar-refractivity contribution in [3.8, 4) is 0 Å². The molecule has 0 heterocycles. The highest BCUT2D eigenvalue weighted by Gasteiger charge is 2.33. The molecule has 9 nitrogen and oxygen atoms in total. The van der Waals surface area contributed by atoms with Crippen LogP contribution in [-0.2, 0) is 19.2 Å². The van der Waals surface area contributed by atoms with E-state index < -0.39 is 21.0 Å². The highest BCUT2D eigenvalue weighted by Crippen LogP contribution is 2.17. The van der Waals surface area contributed by atoms with Crippen molar-refractivity contribution in [3.63, 3.8) is 0 Å². The third kappa shape index (κ3) is 18.1. The maximum atomic E-state index is 13.0. The number of nitrogens with one attached hydrogen (secondary N) is 3. The molecule has 0 aliphatic rings. The molecule has 0 aliphatic heterocycles. The van der Waals surface area contributed by atoms with Crippen LogP contribution in [0.3, 0.4) is 0 Å². The number of thiol groups is 4. The van der Waals surface area contributed by atoms with Crippen molar-refractivity contribution in [2.24, 2.45) is 23.7 Å². The number of rotatable bonds is 22. The molecule has 0 aromatic carbocycles. The van der Waals surface area contributed by atoms with Crippen LogP contribution in [0.1, 0.15) is 68.2 Å². The van der Waals surface area contributed by atoms with E-state index in [1.165, 1.54) is 0 Å². The average Bonchev–Trinajstić information content (AvgIpc) is 2.91. The van der Waals surface area contributed by atoms with Crippen LogP contribution in [0, 0.1) is 23.7 Å². The summed E-state index contributed by atoms with van der Waals surface area (Å²) in [6.45, 7) is 21.1. The predicted molar refractivity (Wildman–Crippen MR) is 192 cm³/mol. The van der Waals surface area contributed by atoms with Crippen molar-refractivity contribution < 1.29 is 19.2 Å². The summed E-state index contributed by atoms with van der Waals surface area (Å²) in [6.07, 6.45) is 1.39. The fourth-order valence-corrected chi connectivity index (χ4v) is 5.42. The molecular weight excluding hydrogens is 623 g/mol. The van der Waals surface area contributed by atoms with Crippen molar-refractivity contribution in [1.29, 1.82) is 0 Å². The first kappa shape index (κ1) is 42.2. The maximum Gasteiger partial charge on any atom is 0.237 e. The lowest BCUT2D eigenvalue weighted by Gasteiger charge is -2.30. The van der Waals surface area contributed by atoms with E-state index in [4.69, 9.17) is 0 Å². The zero-order valence-corrected chi connectivity index (χ0v) is 31.1. The first-order chi connectivity index (χ1) is 20.0. The minimum absolute atomic E-state index is 0.172. The molecule has 0 aromatic heterocycles. The summed E-state index contributed by atoms with van der Waals surface area (Å²) in [5, 5.41) is 5.64. The third-order valence-electron chi connectivity index (χ3n) is 6.27. The van der Waals surface area contributed by atoms with Gasteiger partial charge >= 0.3 is 0 Å². The SMILES string of the molecule is CC(C)CN(CC(C)C)C(=O)C(S)C(S)C(=O)NCCCNCCCNC(=O)C(S)C(S)C(=O)N(CC(C)C)CC(C)C. The minimum Gasteiger partial charge on any atom is -0.355 e. The molecule has 4 amide bonds. The minimum atomic E-state index is -0.842. The molecule has 0 radical (unpaired) electrons. The predicted octanol–water partition coefficient (Wildman–Crippen LogP) is 3.06. The van der Waals surface area contributed by atoms with Gasteiger partial charge in [-0.15, -0.1) is 0 Å². The summed E-state index contributed by atoms with van der Waals surface area (Å²) in [5.74, 6) is 0.292. The van der Waals surface area contributed by atoms with E-state index in [1.54, 1.807) is 9.80 Å². The van der Waals surface area contributed by atoms with Gasteiger partial charge in [-0.2, -0.15) is 50.5 Å². The van der Waals surface area contributed by atoms with Crippen molar-refractivity contribution in [3.05, 3.63) is 0 Å². The van der Waals surface area contributed by atoms with Crippen molar-refractivity contribution in [1.82, 2.24) is 25.8 Å². The maximum absolute atomic E-state index is 13.0. The van der Waals surface area contributed by atoms with Gasteiger partial charge < -0.3 is 25.8 Å². The lowest BCUT2D eigenvalue weighted by molar-refractivity contribution is -0.133. The van der Waals surface area contributed by atoms with Crippen LogP contribution < -0.4 is 16.0 Å². The zero-order valence-electron chi connectivity index (χ0n) is 27.5. The number of hydrogen-bond acceptors (Lipinski definition) is 9. The fourth-order valence-electron chi connectivity index (χ4n) is 4.39. The van der Waals surface area contributed by atoms with Crippen molar-refractivity contribution in [2.75, 3.05) is 52.4 Å². The molecule has 0 aromatic rings. The van der Waals surface area contributed by atoms with E-state index in [1.807, 2.05) is 0 Å². The second-order valence-corrected chi connectivity index (χ2v) is 15.1. The Morgan fingerprint density at radius 2 is 0.767 bits per heavy atom. The lowest BCUT2D eigenvalue weighted by atomic mass is 10.1. The van der Waals surface area contributed by atoms with Gasteiger partial charge in [-0.3, -0.25) is 19.2 Å². The third-order valence-corrected chi connectivity index (χ3v) is 8.84. The lowest BCUT2D eigenvalue weighted by Crippen LogP contribution is -2.48. The van der Waals surface area contributed by atoms with Crippen LogP contribution in [0.4, 0.5) is 0 Å². The number of hydrogen-bond donors (Lipinski definition) is 7. The number of carbonyl (C=O) groups is 4. The zero-order chi connectivity index (χ0) is 33.3. The van der Waals surface area contributed by atoms with E-state index in [9.17, 15) is 19.2 Å². The summed E-state index contributed by atoms with van der Waals surface area (Å²) in [5.41, 5.74) is 0. The monoisotopic (exact) mass is 681 g/mol. The Labute approximate surface area is 283 Å². The largest absolute Gasteiger partial charge is 0.355 e. The van der Waals surface area contributed by atoms with Crippen LogP contribution >= 0.6 is 50.5 Å². The van der Waals surface area contributed by atoms with Gasteiger partial charge in [0.05, 0.1) is 0 Å². The number of amides is 4. The van der Waals surface area contributed by atoms with E-state index in [2.05, 4.69) is 122 Å². The van der Waals surface area contributed by atoms with Crippen LogP contribution in [0.2, 0.25) is 0 Å². The van der Waals surface area contributed by atoms with E-state index in [-0.39, 0.29) is 23.6 Å². The molecule has 0 fully saturated rings. The van der Waals surface area contributed by atoms with Gasteiger partial charge in [0, 0.05) is 39.3 Å². The summed E-state index contributed by atoms with van der Waals surface area (Å²) < 4.78 is 0. The fraction of sp³-hybridized carbons (Fsp3) is 0.867. The smallest absolute Gasteiger partial charge is 0.237 e. The summed E-state index contributed by atoms with van der Waals surface area (Å²) in [7, 11) is 0. The first-order valence-electron chi connectivity index (χ1n) is 15.5. The highest BCUT2D eigenvalue weighted by molar-refractivity contribution is 7.86. The van der Waals surface area contributed by atoms with Gasteiger partial charge in [-0.25, -0.2) is 0 Å². The summed E-state index contributed by atoms with van der Waals surface area (Å²) in [6, 6.07) is 0. The molecule has 43 heavy (non-hydrogen) atoms. The Bertz CT molecular complexity index is 761. The van der Waals surface area contributed by atoms with Gasteiger partial charge in [-0.05, 0) is 49.6 Å². The van der Waals surface area contributed by atoms with Gasteiger partial charge in [0.25, 0.3) is 0 Å². The second kappa shape index (κ2) is 22.7. The average molecular weight is 682 g/mol. The molecular formula is C30H59N5O4S4. The van der Waals surface area contributed by atoms with Crippen LogP contribution in [-0.4, -0.2) is 107 Å². The van der Waals surface area contributed by atoms with Gasteiger partial charge in [0.2, 0.25) is 23.6 Å². The van der Waals surface area contributed by atoms with E-state index in [0.717, 1.165) is 0 Å². The molecule has 4 unspecified atom stereocenters. The Morgan fingerprint density at radius 3 is 1.02 bits per heavy atom. The van der Waals surface area contributed by atoms with Crippen LogP contribution in [0.25, 0.3) is 0 Å². The molecule has 0 saturated carbocycles. The Kier molecular flexibility index (Phi) is 22.3.